The molecule has 0 saturated heterocycles. The molecule has 152 valence electrons. The van der Waals surface area contributed by atoms with Crippen molar-refractivity contribution < 1.29 is 4.79 Å². The lowest BCUT2D eigenvalue weighted by molar-refractivity contribution is -0.127. The molecule has 0 fully saturated rings. The number of nitrogens with zero attached hydrogens (tertiary/aromatic N) is 3. The molecule has 0 aliphatic carbocycles. The van der Waals surface area contributed by atoms with E-state index in [0.717, 1.165) is 36.2 Å². The molecule has 29 heavy (non-hydrogen) atoms. The number of aryl methyl sites for hydroxylation is 2. The monoisotopic (exact) mass is 409 g/mol. The highest BCUT2D eigenvalue weighted by Crippen LogP contribution is 2.23. The highest BCUT2D eigenvalue weighted by molar-refractivity contribution is 7.99. The number of carbonyl (C=O) groups is 1. The largest absolute Gasteiger partial charge is 0.345 e. The van der Waals surface area contributed by atoms with Crippen molar-refractivity contribution >= 4 is 28.6 Å². The highest BCUT2D eigenvalue weighted by atomic mass is 32.2. The van der Waals surface area contributed by atoms with Crippen LogP contribution in [-0.2, 0) is 4.79 Å². The Morgan fingerprint density at radius 3 is 2.52 bits per heavy atom. The first kappa shape index (κ1) is 21.1. The maximum absolute atomic E-state index is 13.3. The fourth-order valence-corrected chi connectivity index (χ4v) is 4.23. The van der Waals surface area contributed by atoms with Crippen LogP contribution in [0.1, 0.15) is 30.9 Å². The van der Waals surface area contributed by atoms with Gasteiger partial charge in [-0.25, -0.2) is 4.98 Å². The van der Waals surface area contributed by atoms with Gasteiger partial charge in [-0.05, 0) is 55.7 Å². The van der Waals surface area contributed by atoms with Crippen molar-refractivity contribution in [2.24, 2.45) is 0 Å². The fraction of sp³-hybridized carbons (Fsp3) is 0.348. The van der Waals surface area contributed by atoms with E-state index in [1.807, 2.05) is 51.2 Å². The normalized spacial score (nSPS) is 11.0. The predicted molar refractivity (Wildman–Crippen MR) is 120 cm³/mol. The zero-order chi connectivity index (χ0) is 21.0. The van der Waals surface area contributed by atoms with Gasteiger partial charge < -0.3 is 4.90 Å². The van der Waals surface area contributed by atoms with Crippen LogP contribution in [-0.4, -0.2) is 39.7 Å². The number of unbranched alkanes of at least 4 members (excludes halogenated alkanes) is 1. The van der Waals surface area contributed by atoms with Gasteiger partial charge in [0.25, 0.3) is 5.56 Å². The van der Waals surface area contributed by atoms with Crippen molar-refractivity contribution in [3.63, 3.8) is 0 Å². The zero-order valence-electron chi connectivity index (χ0n) is 17.4. The summed E-state index contributed by atoms with van der Waals surface area (Å²) in [6.45, 7) is 6.86. The molecule has 3 aromatic rings. The second-order valence-corrected chi connectivity index (χ2v) is 8.30. The summed E-state index contributed by atoms with van der Waals surface area (Å²) in [7, 11) is 1.82. The number of thioether (sulfide) groups is 1. The molecule has 3 rings (SSSR count). The number of hydrogen-bond acceptors (Lipinski definition) is 4. The second-order valence-electron chi connectivity index (χ2n) is 7.36. The predicted octanol–water partition coefficient (Wildman–Crippen LogP) is 4.35. The van der Waals surface area contributed by atoms with Gasteiger partial charge in [0.2, 0.25) is 5.91 Å². The summed E-state index contributed by atoms with van der Waals surface area (Å²) in [5.41, 5.74) is 3.46. The smallest absolute Gasteiger partial charge is 0.266 e. The van der Waals surface area contributed by atoms with Crippen LogP contribution in [0.3, 0.4) is 0 Å². The average Bonchev–Trinajstić information content (AvgIpc) is 2.69. The van der Waals surface area contributed by atoms with E-state index in [1.165, 1.54) is 11.8 Å². The van der Waals surface area contributed by atoms with Gasteiger partial charge in [0, 0.05) is 13.6 Å². The Labute approximate surface area is 175 Å². The summed E-state index contributed by atoms with van der Waals surface area (Å²) in [5.74, 6) is 0.285. The van der Waals surface area contributed by atoms with Gasteiger partial charge in [-0.15, -0.1) is 0 Å². The van der Waals surface area contributed by atoms with Crippen molar-refractivity contribution in [3.05, 3.63) is 63.9 Å². The Morgan fingerprint density at radius 1 is 1.14 bits per heavy atom. The van der Waals surface area contributed by atoms with Gasteiger partial charge in [-0.1, -0.05) is 43.3 Å². The molecule has 0 bridgehead atoms. The zero-order valence-corrected chi connectivity index (χ0v) is 18.3. The number of amides is 1. The summed E-state index contributed by atoms with van der Waals surface area (Å²) in [5, 5.41) is 1.11. The number of benzene rings is 2. The molecule has 0 saturated carbocycles. The highest BCUT2D eigenvalue weighted by Gasteiger charge is 2.16. The van der Waals surface area contributed by atoms with Crippen LogP contribution in [0.25, 0.3) is 16.6 Å². The van der Waals surface area contributed by atoms with E-state index >= 15 is 0 Å². The van der Waals surface area contributed by atoms with E-state index in [-0.39, 0.29) is 17.2 Å². The molecular formula is C23H27N3O2S. The number of hydrogen-bond donors (Lipinski definition) is 0. The van der Waals surface area contributed by atoms with Gasteiger partial charge in [0.1, 0.15) is 0 Å². The number of para-hydroxylation sites is 1. The van der Waals surface area contributed by atoms with Gasteiger partial charge in [-0.3, -0.25) is 14.2 Å². The molecule has 6 heteroatoms. The molecule has 1 amide bonds. The lowest BCUT2D eigenvalue weighted by Crippen LogP contribution is -2.29. The van der Waals surface area contributed by atoms with Crippen molar-refractivity contribution in [1.82, 2.24) is 14.5 Å². The molecule has 1 heterocycles. The van der Waals surface area contributed by atoms with Crippen molar-refractivity contribution in [3.8, 4) is 5.69 Å². The number of rotatable bonds is 7. The fourth-order valence-electron chi connectivity index (χ4n) is 3.27. The van der Waals surface area contributed by atoms with E-state index in [9.17, 15) is 9.59 Å². The summed E-state index contributed by atoms with van der Waals surface area (Å²) < 4.78 is 1.63. The molecule has 0 atom stereocenters. The van der Waals surface area contributed by atoms with Crippen molar-refractivity contribution in [2.75, 3.05) is 19.3 Å². The minimum Gasteiger partial charge on any atom is -0.345 e. The molecule has 5 nitrogen and oxygen atoms in total. The Bertz CT molecular complexity index is 1070. The van der Waals surface area contributed by atoms with E-state index in [0.29, 0.717) is 16.1 Å². The Kier molecular flexibility index (Phi) is 6.75. The van der Waals surface area contributed by atoms with Gasteiger partial charge in [0.05, 0.1) is 22.3 Å². The summed E-state index contributed by atoms with van der Waals surface area (Å²) in [6, 6.07) is 13.4. The molecule has 0 spiro atoms. The molecular weight excluding hydrogens is 382 g/mol. The number of carbonyl (C=O) groups excluding carboxylic acids is 1. The Morgan fingerprint density at radius 2 is 1.83 bits per heavy atom. The van der Waals surface area contributed by atoms with Crippen LogP contribution in [0.15, 0.2) is 52.4 Å². The SMILES string of the molecule is CCCCN(C)C(=O)CSc1nc2ccccc2c(=O)n1-c1cc(C)cc(C)c1. The minimum atomic E-state index is -0.116. The maximum atomic E-state index is 13.3. The van der Waals surface area contributed by atoms with Crippen LogP contribution in [0.4, 0.5) is 0 Å². The molecule has 0 N–H and O–H groups in total. The lowest BCUT2D eigenvalue weighted by atomic mass is 10.1. The van der Waals surface area contributed by atoms with E-state index in [4.69, 9.17) is 4.98 Å². The number of fused-ring (bicyclic) bond motifs is 1. The van der Waals surface area contributed by atoms with Crippen LogP contribution in [0.2, 0.25) is 0 Å². The molecule has 0 aliphatic heterocycles. The quantitative estimate of drug-likeness (QED) is 0.430. The van der Waals surface area contributed by atoms with Gasteiger partial charge >= 0.3 is 0 Å². The third-order valence-electron chi connectivity index (χ3n) is 4.81. The summed E-state index contributed by atoms with van der Waals surface area (Å²) in [4.78, 5) is 32.3. The molecule has 0 unspecified atom stereocenters. The number of aromatic nitrogens is 2. The van der Waals surface area contributed by atoms with E-state index in [2.05, 4.69) is 13.0 Å². The average molecular weight is 410 g/mol. The first-order chi connectivity index (χ1) is 13.9. The van der Waals surface area contributed by atoms with E-state index in [1.54, 1.807) is 15.5 Å². The first-order valence-electron chi connectivity index (χ1n) is 9.88. The Hall–Kier alpha value is -2.60. The topological polar surface area (TPSA) is 55.2 Å². The Balaban J connectivity index is 2.03. The van der Waals surface area contributed by atoms with Crippen LogP contribution >= 0.6 is 11.8 Å². The minimum absolute atomic E-state index is 0.0397. The summed E-state index contributed by atoms with van der Waals surface area (Å²) in [6.07, 6.45) is 2.03. The molecule has 2 aromatic carbocycles. The lowest BCUT2D eigenvalue weighted by Gasteiger charge is -2.18. The van der Waals surface area contributed by atoms with Gasteiger partial charge in [0.15, 0.2) is 5.16 Å². The van der Waals surface area contributed by atoms with Crippen LogP contribution < -0.4 is 5.56 Å². The molecule has 1 aromatic heterocycles. The molecule has 0 aliphatic rings. The second kappa shape index (κ2) is 9.27. The standard InChI is InChI=1S/C23H27N3O2S/c1-5-6-11-25(4)21(27)15-29-23-24-20-10-8-7-9-19(20)22(28)26(23)18-13-16(2)12-17(3)14-18/h7-10,12-14H,5-6,11,15H2,1-4H3. The maximum Gasteiger partial charge on any atom is 0.266 e. The third kappa shape index (κ3) is 4.88. The van der Waals surface area contributed by atoms with Crippen LogP contribution in [0, 0.1) is 13.8 Å². The molecule has 0 radical (unpaired) electrons. The van der Waals surface area contributed by atoms with E-state index < -0.39 is 0 Å². The van der Waals surface area contributed by atoms with Gasteiger partial charge in [-0.2, -0.15) is 0 Å². The third-order valence-corrected chi connectivity index (χ3v) is 5.73. The van der Waals surface area contributed by atoms with Crippen LogP contribution in [0.5, 0.6) is 0 Å². The summed E-state index contributed by atoms with van der Waals surface area (Å²) >= 11 is 1.31. The first-order valence-corrected chi connectivity index (χ1v) is 10.9. The van der Waals surface area contributed by atoms with Crippen molar-refractivity contribution in [1.29, 1.82) is 0 Å². The van der Waals surface area contributed by atoms with Crippen molar-refractivity contribution in [2.45, 2.75) is 38.8 Å².